The molecule has 2 aliphatic carbocycles. The highest BCUT2D eigenvalue weighted by Crippen LogP contribution is 2.51. The molecule has 1 heteroatoms. The maximum absolute atomic E-state index is 2.45. The van der Waals surface area contributed by atoms with Gasteiger partial charge in [0.05, 0.1) is 0 Å². The fourth-order valence-corrected chi connectivity index (χ4v) is 9.43. The van der Waals surface area contributed by atoms with Crippen LogP contribution in [-0.2, 0) is 18.3 Å². The zero-order valence-corrected chi connectivity index (χ0v) is 32.1. The van der Waals surface area contributed by atoms with Crippen molar-refractivity contribution in [1.82, 2.24) is 0 Å². The lowest BCUT2D eigenvalue weighted by molar-refractivity contribution is 0.629. The molecule has 0 saturated carbocycles. The molecule has 1 atom stereocenters. The highest BCUT2D eigenvalue weighted by Gasteiger charge is 2.35. The lowest BCUT2D eigenvalue weighted by atomic mass is 9.82. The smallest absolute Gasteiger partial charge is 0.0465 e. The summed E-state index contributed by atoms with van der Waals surface area (Å²) in [6, 6.07) is 72.0. The predicted molar refractivity (Wildman–Crippen MR) is 236 cm³/mol. The number of hydrogen-bond acceptors (Lipinski definition) is 1. The van der Waals surface area contributed by atoms with Crippen LogP contribution < -0.4 is 4.90 Å². The van der Waals surface area contributed by atoms with Gasteiger partial charge in [0.2, 0.25) is 0 Å². The van der Waals surface area contributed by atoms with Crippen molar-refractivity contribution in [1.29, 1.82) is 0 Å². The molecule has 0 fully saturated rings. The molecule has 0 bridgehead atoms. The maximum Gasteiger partial charge on any atom is 0.0465 e. The molecule has 0 radical (unpaired) electrons. The molecule has 10 rings (SSSR count). The van der Waals surface area contributed by atoms with E-state index in [1.807, 2.05) is 0 Å². The molecule has 1 nitrogen and oxygen atoms in total. The molecule has 0 aromatic heterocycles. The number of hydrogen-bond donors (Lipinski definition) is 0. The topological polar surface area (TPSA) is 3.24 Å². The quantitative estimate of drug-likeness (QED) is 0.159. The van der Waals surface area contributed by atoms with Gasteiger partial charge < -0.3 is 4.90 Å². The van der Waals surface area contributed by atoms with Gasteiger partial charge in [0, 0.05) is 22.5 Å². The van der Waals surface area contributed by atoms with Gasteiger partial charge >= 0.3 is 0 Å². The van der Waals surface area contributed by atoms with Gasteiger partial charge in [0.1, 0.15) is 0 Å². The van der Waals surface area contributed by atoms with Crippen LogP contribution in [0.5, 0.6) is 0 Å². The highest BCUT2D eigenvalue weighted by molar-refractivity contribution is 5.86. The molecule has 0 amide bonds. The first-order valence-corrected chi connectivity index (χ1v) is 20.1. The lowest BCUT2D eigenvalue weighted by Gasteiger charge is -2.28. The molecule has 0 spiro atoms. The van der Waals surface area contributed by atoms with E-state index in [1.54, 1.807) is 0 Å². The van der Waals surface area contributed by atoms with Crippen molar-refractivity contribution in [2.24, 2.45) is 0 Å². The van der Waals surface area contributed by atoms with E-state index in [0.717, 1.165) is 30.6 Å². The molecule has 0 heterocycles. The Balaban J connectivity index is 0.986. The van der Waals surface area contributed by atoms with Gasteiger partial charge in [-0.05, 0) is 140 Å². The van der Waals surface area contributed by atoms with Crippen LogP contribution >= 0.6 is 0 Å². The highest BCUT2D eigenvalue weighted by atomic mass is 15.1. The van der Waals surface area contributed by atoms with Crippen LogP contribution in [0.15, 0.2) is 194 Å². The molecule has 0 N–H and O–H groups in total. The van der Waals surface area contributed by atoms with E-state index in [-0.39, 0.29) is 5.41 Å². The summed E-state index contributed by atoms with van der Waals surface area (Å²) in [6.07, 6.45) is 3.26. The minimum atomic E-state index is -0.0654. The van der Waals surface area contributed by atoms with E-state index in [0.29, 0.717) is 5.92 Å². The van der Waals surface area contributed by atoms with Crippen LogP contribution in [-0.4, -0.2) is 0 Å². The summed E-state index contributed by atoms with van der Waals surface area (Å²) in [4.78, 5) is 2.40. The molecular weight excluding hydrogens is 675 g/mol. The number of fused-ring (bicyclic) bond motifs is 6. The Bertz CT molecular complexity index is 2670. The van der Waals surface area contributed by atoms with Crippen LogP contribution in [0.1, 0.15) is 54.0 Å². The summed E-state index contributed by atoms with van der Waals surface area (Å²) in [5.41, 5.74) is 20.9. The summed E-state index contributed by atoms with van der Waals surface area (Å²) in [5, 5.41) is 0. The minimum Gasteiger partial charge on any atom is -0.310 e. The van der Waals surface area contributed by atoms with Crippen molar-refractivity contribution >= 4 is 17.1 Å². The van der Waals surface area contributed by atoms with Gasteiger partial charge in [-0.3, -0.25) is 0 Å². The molecule has 270 valence electrons. The summed E-state index contributed by atoms with van der Waals surface area (Å²) in [5.74, 6) is 0.445. The van der Waals surface area contributed by atoms with E-state index in [2.05, 4.69) is 213 Å². The third-order valence-electron chi connectivity index (χ3n) is 12.4. The second kappa shape index (κ2) is 14.0. The second-order valence-corrected chi connectivity index (χ2v) is 16.1. The normalized spacial score (nSPS) is 14.9. The van der Waals surface area contributed by atoms with E-state index >= 15 is 0 Å². The number of nitrogens with zero attached hydrogens (tertiary/aromatic N) is 1. The van der Waals surface area contributed by atoms with Crippen molar-refractivity contribution in [2.45, 2.75) is 44.4 Å². The van der Waals surface area contributed by atoms with E-state index in [1.165, 1.54) is 78.0 Å². The monoisotopic (exact) mass is 719 g/mol. The van der Waals surface area contributed by atoms with Crippen LogP contribution in [0.3, 0.4) is 0 Å². The number of rotatable bonds is 7. The Kier molecular flexibility index (Phi) is 8.52. The minimum absolute atomic E-state index is 0.0654. The van der Waals surface area contributed by atoms with Crippen LogP contribution in [0.2, 0.25) is 0 Å². The van der Waals surface area contributed by atoms with Crippen LogP contribution in [0.4, 0.5) is 17.1 Å². The summed E-state index contributed by atoms with van der Waals surface area (Å²) < 4.78 is 0. The molecule has 0 saturated heterocycles. The largest absolute Gasteiger partial charge is 0.310 e. The fraction of sp³-hybridized carbons (Fsp3) is 0.127. The van der Waals surface area contributed by atoms with Gasteiger partial charge in [-0.15, -0.1) is 0 Å². The molecular formula is C55H45N. The number of anilines is 3. The summed E-state index contributed by atoms with van der Waals surface area (Å²) >= 11 is 0. The first-order valence-electron chi connectivity index (χ1n) is 20.1. The van der Waals surface area contributed by atoms with Crippen molar-refractivity contribution in [3.63, 3.8) is 0 Å². The SMILES string of the molecule is CC1(C)c2ccccc2-c2ccc(N(c3ccccc3)c3ccc(-c4ccc5c(c4)-c4ccccc4CCC5Cc4ccc(-c5ccccc5)cc4)cc3)cc21. The summed E-state index contributed by atoms with van der Waals surface area (Å²) in [7, 11) is 0. The molecule has 2 aliphatic rings. The Morgan fingerprint density at radius 2 is 1.02 bits per heavy atom. The molecule has 1 unspecified atom stereocenters. The molecule has 8 aromatic carbocycles. The van der Waals surface area contributed by atoms with Gasteiger partial charge in [0.15, 0.2) is 0 Å². The third kappa shape index (κ3) is 6.05. The van der Waals surface area contributed by atoms with Gasteiger partial charge in [-0.25, -0.2) is 0 Å². The zero-order chi connectivity index (χ0) is 37.6. The number of benzene rings is 8. The Labute approximate surface area is 331 Å². The van der Waals surface area contributed by atoms with Crippen LogP contribution in [0, 0.1) is 0 Å². The fourth-order valence-electron chi connectivity index (χ4n) is 9.43. The Hall–Kier alpha value is -6.44. The van der Waals surface area contributed by atoms with Crippen LogP contribution in [0.25, 0.3) is 44.5 Å². The summed E-state index contributed by atoms with van der Waals surface area (Å²) in [6.45, 7) is 4.71. The molecule has 0 aliphatic heterocycles. The average Bonchev–Trinajstić information content (AvgIpc) is 3.37. The average molecular weight is 720 g/mol. The third-order valence-corrected chi connectivity index (χ3v) is 12.4. The van der Waals surface area contributed by atoms with Crippen molar-refractivity contribution in [3.05, 3.63) is 222 Å². The number of aryl methyl sites for hydroxylation is 1. The van der Waals surface area contributed by atoms with Crippen molar-refractivity contribution in [3.8, 4) is 44.5 Å². The van der Waals surface area contributed by atoms with Gasteiger partial charge in [0.25, 0.3) is 0 Å². The first kappa shape index (κ1) is 34.1. The Morgan fingerprint density at radius 1 is 0.446 bits per heavy atom. The first-order chi connectivity index (χ1) is 27.5. The van der Waals surface area contributed by atoms with E-state index < -0.39 is 0 Å². The lowest BCUT2D eigenvalue weighted by Crippen LogP contribution is -2.16. The van der Waals surface area contributed by atoms with Gasteiger partial charge in [-0.2, -0.15) is 0 Å². The molecule has 8 aromatic rings. The standard InChI is InChI=1S/C55H45N/c1-55(2)53-20-12-11-19-50(53)51-34-32-47(37-54(51)55)56(45-16-7-4-8-17-45)46-30-27-41(28-31-46)43-29-33-49-44(26-25-42-15-9-10-18-48(42)52(49)36-43)35-38-21-23-40(24-22-38)39-13-5-3-6-14-39/h3-24,27-34,36-37,44H,25-26,35H2,1-2H3. The van der Waals surface area contributed by atoms with Crippen molar-refractivity contribution in [2.75, 3.05) is 4.90 Å². The van der Waals surface area contributed by atoms with E-state index in [9.17, 15) is 0 Å². The predicted octanol–water partition coefficient (Wildman–Crippen LogP) is 14.7. The van der Waals surface area contributed by atoms with Gasteiger partial charge in [-0.1, -0.05) is 166 Å². The number of para-hydroxylation sites is 1. The Morgan fingerprint density at radius 3 is 1.80 bits per heavy atom. The van der Waals surface area contributed by atoms with Crippen molar-refractivity contribution < 1.29 is 0 Å². The van der Waals surface area contributed by atoms with E-state index in [4.69, 9.17) is 0 Å². The second-order valence-electron chi connectivity index (χ2n) is 16.1. The maximum atomic E-state index is 2.45. The zero-order valence-electron chi connectivity index (χ0n) is 32.1. The molecule has 56 heavy (non-hydrogen) atoms.